The predicted molar refractivity (Wildman–Crippen MR) is 114 cm³/mol. The zero-order valence-corrected chi connectivity index (χ0v) is 18.3. The molecule has 0 fully saturated rings. The van der Waals surface area contributed by atoms with Gasteiger partial charge in [0.25, 0.3) is 0 Å². The molecule has 1 aromatic heterocycles. The lowest BCUT2D eigenvalue weighted by molar-refractivity contribution is -0.137. The standard InChI is InChI=1S/C23H20F3NO4S/c1-14-11-20(15(2)27(14)18-6-4-5-17(12-18)23(24,25)26)21(28)13-31-22(29)16-7-9-19(10-8-16)32(3)30/h4-12H,13H2,1-3H3/t32-/m1/s1. The Morgan fingerprint density at radius 3 is 2.28 bits per heavy atom. The maximum absolute atomic E-state index is 13.1. The Hall–Kier alpha value is -3.20. The van der Waals surface area contributed by atoms with Gasteiger partial charge in [-0.25, -0.2) is 4.79 Å². The van der Waals surface area contributed by atoms with E-state index >= 15 is 0 Å². The molecule has 3 rings (SSSR count). The lowest BCUT2D eigenvalue weighted by Crippen LogP contribution is -2.15. The average molecular weight is 463 g/mol. The van der Waals surface area contributed by atoms with Gasteiger partial charge in [-0.05, 0) is 62.4 Å². The van der Waals surface area contributed by atoms with Crippen LogP contribution in [0.5, 0.6) is 0 Å². The molecule has 168 valence electrons. The van der Waals surface area contributed by atoms with Gasteiger partial charge < -0.3 is 9.30 Å². The van der Waals surface area contributed by atoms with Crippen molar-refractivity contribution in [3.8, 4) is 5.69 Å². The first-order valence-electron chi connectivity index (χ1n) is 9.49. The zero-order valence-electron chi connectivity index (χ0n) is 17.5. The molecule has 0 saturated heterocycles. The first-order valence-corrected chi connectivity index (χ1v) is 11.0. The number of alkyl halides is 3. The number of carbonyl (C=O) groups is 2. The van der Waals surface area contributed by atoms with Gasteiger partial charge in [0.15, 0.2) is 6.61 Å². The molecule has 2 aromatic carbocycles. The van der Waals surface area contributed by atoms with Gasteiger partial charge in [-0.2, -0.15) is 13.2 Å². The number of Topliss-reactive ketones (excluding diaryl/α,β-unsaturated/α-hetero) is 1. The van der Waals surface area contributed by atoms with E-state index in [1.54, 1.807) is 24.5 Å². The van der Waals surface area contributed by atoms with E-state index in [-0.39, 0.29) is 16.8 Å². The molecule has 0 saturated carbocycles. The second-order valence-corrected chi connectivity index (χ2v) is 8.53. The molecule has 0 radical (unpaired) electrons. The molecule has 1 atom stereocenters. The fourth-order valence-corrected chi connectivity index (χ4v) is 3.86. The number of carbonyl (C=O) groups excluding carboxylic acids is 2. The first kappa shape index (κ1) is 23.5. The van der Waals surface area contributed by atoms with Crippen molar-refractivity contribution in [1.82, 2.24) is 4.57 Å². The van der Waals surface area contributed by atoms with Gasteiger partial charge in [0.2, 0.25) is 5.78 Å². The second-order valence-electron chi connectivity index (χ2n) is 7.15. The number of hydrogen-bond donors (Lipinski definition) is 0. The third-order valence-corrected chi connectivity index (χ3v) is 5.86. The van der Waals surface area contributed by atoms with Crippen molar-refractivity contribution >= 4 is 22.6 Å². The molecule has 0 amide bonds. The summed E-state index contributed by atoms with van der Waals surface area (Å²) in [6, 6.07) is 12.4. The van der Waals surface area contributed by atoms with Crippen molar-refractivity contribution in [3.05, 3.63) is 82.7 Å². The van der Waals surface area contributed by atoms with Crippen molar-refractivity contribution in [2.24, 2.45) is 0 Å². The maximum Gasteiger partial charge on any atom is 0.416 e. The molecule has 32 heavy (non-hydrogen) atoms. The van der Waals surface area contributed by atoms with Crippen LogP contribution in [0.1, 0.15) is 37.7 Å². The summed E-state index contributed by atoms with van der Waals surface area (Å²) in [5.41, 5.74) is 0.963. The van der Waals surface area contributed by atoms with E-state index < -0.39 is 40.9 Å². The lowest BCUT2D eigenvalue weighted by Gasteiger charge is -2.13. The number of ketones is 1. The van der Waals surface area contributed by atoms with Crippen LogP contribution in [0.15, 0.2) is 59.5 Å². The van der Waals surface area contributed by atoms with Gasteiger partial charge in [-0.3, -0.25) is 9.00 Å². The molecule has 3 aromatic rings. The first-order chi connectivity index (χ1) is 15.0. The molecule has 1 heterocycles. The molecule has 0 aliphatic heterocycles. The molecular formula is C23H20F3NO4S. The topological polar surface area (TPSA) is 65.4 Å². The average Bonchev–Trinajstić information content (AvgIpc) is 3.05. The molecule has 0 aliphatic rings. The van der Waals surface area contributed by atoms with Crippen LogP contribution in [0.3, 0.4) is 0 Å². The fraction of sp³-hybridized carbons (Fsp3) is 0.217. The summed E-state index contributed by atoms with van der Waals surface area (Å²) in [6.07, 6.45) is -2.97. The highest BCUT2D eigenvalue weighted by Crippen LogP contribution is 2.31. The molecule has 0 unspecified atom stereocenters. The third-order valence-electron chi connectivity index (χ3n) is 4.92. The SMILES string of the molecule is Cc1cc(C(=O)COC(=O)c2ccc([S@@](C)=O)cc2)c(C)n1-c1cccc(C(F)(F)F)c1. The van der Waals surface area contributed by atoms with Gasteiger partial charge in [-0.1, -0.05) is 6.07 Å². The van der Waals surface area contributed by atoms with Crippen LogP contribution >= 0.6 is 0 Å². The van der Waals surface area contributed by atoms with Crippen LogP contribution in [-0.4, -0.2) is 33.4 Å². The Labute approximate surface area is 185 Å². The van der Waals surface area contributed by atoms with E-state index in [1.165, 1.54) is 42.7 Å². The van der Waals surface area contributed by atoms with E-state index in [0.29, 0.717) is 16.3 Å². The molecule has 0 spiro atoms. The van der Waals surface area contributed by atoms with Crippen molar-refractivity contribution in [1.29, 1.82) is 0 Å². The molecule has 9 heteroatoms. The Morgan fingerprint density at radius 1 is 1.03 bits per heavy atom. The predicted octanol–water partition coefficient (Wildman–Crippen LogP) is 4.89. The number of benzene rings is 2. The molecule has 0 aliphatic carbocycles. The highest BCUT2D eigenvalue weighted by molar-refractivity contribution is 7.84. The number of aryl methyl sites for hydroxylation is 1. The van der Waals surface area contributed by atoms with Gasteiger partial charge in [0.05, 0.1) is 11.1 Å². The summed E-state index contributed by atoms with van der Waals surface area (Å²) in [5, 5.41) is 0. The summed E-state index contributed by atoms with van der Waals surface area (Å²) < 4.78 is 57.3. The number of ether oxygens (including phenoxy) is 1. The third kappa shape index (κ3) is 4.99. The van der Waals surface area contributed by atoms with E-state index in [0.717, 1.165) is 12.1 Å². The minimum absolute atomic E-state index is 0.210. The molecular weight excluding hydrogens is 443 g/mol. The number of nitrogens with zero attached hydrogens (tertiary/aromatic N) is 1. The monoisotopic (exact) mass is 463 g/mol. The summed E-state index contributed by atoms with van der Waals surface area (Å²) in [5.74, 6) is -1.19. The van der Waals surface area contributed by atoms with Crippen molar-refractivity contribution < 1.29 is 31.7 Å². The quantitative estimate of drug-likeness (QED) is 0.386. The number of halogens is 3. The number of hydrogen-bond acceptors (Lipinski definition) is 4. The second kappa shape index (κ2) is 9.12. The summed E-state index contributed by atoms with van der Waals surface area (Å²) >= 11 is 0. The van der Waals surface area contributed by atoms with Gasteiger partial charge in [0.1, 0.15) is 0 Å². The summed E-state index contributed by atoms with van der Waals surface area (Å²) in [6.45, 7) is 2.77. The fourth-order valence-electron chi connectivity index (χ4n) is 3.34. The Balaban J connectivity index is 1.77. The van der Waals surface area contributed by atoms with Crippen LogP contribution < -0.4 is 0 Å². The summed E-state index contributed by atoms with van der Waals surface area (Å²) in [7, 11) is -1.18. The Bertz CT molecular complexity index is 1200. The van der Waals surface area contributed by atoms with Gasteiger partial charge >= 0.3 is 12.1 Å². The number of rotatable bonds is 6. The Morgan fingerprint density at radius 2 is 1.69 bits per heavy atom. The molecule has 0 N–H and O–H groups in total. The van der Waals surface area contributed by atoms with E-state index in [1.807, 2.05) is 0 Å². The number of aromatic nitrogens is 1. The van der Waals surface area contributed by atoms with E-state index in [4.69, 9.17) is 4.74 Å². The largest absolute Gasteiger partial charge is 0.454 e. The van der Waals surface area contributed by atoms with Crippen LogP contribution in [-0.2, 0) is 21.7 Å². The molecule has 0 bridgehead atoms. The van der Waals surface area contributed by atoms with Crippen LogP contribution in [0.4, 0.5) is 13.2 Å². The van der Waals surface area contributed by atoms with Crippen molar-refractivity contribution in [2.45, 2.75) is 24.9 Å². The Kier molecular flexibility index (Phi) is 6.68. The normalized spacial score (nSPS) is 12.4. The zero-order chi connectivity index (χ0) is 23.6. The molecule has 5 nitrogen and oxygen atoms in total. The highest BCUT2D eigenvalue weighted by atomic mass is 32.2. The lowest BCUT2D eigenvalue weighted by atomic mass is 10.1. The smallest absolute Gasteiger partial charge is 0.416 e. The van der Waals surface area contributed by atoms with Crippen LogP contribution in [0.2, 0.25) is 0 Å². The van der Waals surface area contributed by atoms with Crippen molar-refractivity contribution in [3.63, 3.8) is 0 Å². The number of esters is 1. The minimum Gasteiger partial charge on any atom is -0.454 e. The van der Waals surface area contributed by atoms with E-state index in [9.17, 15) is 27.0 Å². The van der Waals surface area contributed by atoms with Gasteiger partial charge in [-0.15, -0.1) is 0 Å². The highest BCUT2D eigenvalue weighted by Gasteiger charge is 2.31. The summed E-state index contributed by atoms with van der Waals surface area (Å²) in [4.78, 5) is 25.4. The minimum atomic E-state index is -4.48. The maximum atomic E-state index is 13.1. The van der Waals surface area contributed by atoms with Crippen LogP contribution in [0.25, 0.3) is 5.69 Å². The van der Waals surface area contributed by atoms with Crippen LogP contribution in [0, 0.1) is 13.8 Å². The van der Waals surface area contributed by atoms with E-state index in [2.05, 4.69) is 0 Å². The van der Waals surface area contributed by atoms with Gasteiger partial charge in [0, 0.05) is 44.6 Å². The van der Waals surface area contributed by atoms with Crippen molar-refractivity contribution in [2.75, 3.05) is 12.9 Å².